The van der Waals surface area contributed by atoms with Crippen LogP contribution in [-0.2, 0) is 19.0 Å². The van der Waals surface area contributed by atoms with E-state index in [9.17, 15) is 8.42 Å². The van der Waals surface area contributed by atoms with Crippen LogP contribution in [0.5, 0.6) is 0 Å². The van der Waals surface area contributed by atoms with Gasteiger partial charge in [-0.05, 0) is 12.1 Å². The van der Waals surface area contributed by atoms with Crippen molar-refractivity contribution in [1.29, 1.82) is 0 Å². The van der Waals surface area contributed by atoms with Gasteiger partial charge in [0.2, 0.25) is 0 Å². The molecule has 0 amide bonds. The van der Waals surface area contributed by atoms with E-state index in [0.29, 0.717) is 12.5 Å². The molecule has 0 saturated heterocycles. The highest BCUT2D eigenvalue weighted by atomic mass is 32.2. The molecule has 0 aromatic heterocycles. The smallest absolute Gasteiger partial charge is 0.297 e. The molecule has 0 unspecified atom stereocenters. The topological polar surface area (TPSA) is 65.0 Å². The van der Waals surface area contributed by atoms with Crippen molar-refractivity contribution >= 4 is 29.3 Å². The van der Waals surface area contributed by atoms with Crippen LogP contribution in [0, 0.1) is 0 Å². The van der Waals surface area contributed by atoms with Crippen LogP contribution < -0.4 is 5.46 Å². The van der Waals surface area contributed by atoms with Crippen molar-refractivity contribution in [2.75, 3.05) is 13.2 Å². The number of hydrogen-bond acceptors (Lipinski definition) is 5. The van der Waals surface area contributed by atoms with Gasteiger partial charge in [0.15, 0.2) is 5.90 Å². The fourth-order valence-electron chi connectivity index (χ4n) is 1.57. The Bertz CT molecular complexity index is 553. The summed E-state index contributed by atoms with van der Waals surface area (Å²) in [5.41, 5.74) is 0.998. The fraction of sp³-hybridized carbons (Fsp3) is 0.364. The van der Waals surface area contributed by atoms with Gasteiger partial charge in [-0.1, -0.05) is 17.6 Å². The molecule has 1 aromatic carbocycles. The van der Waals surface area contributed by atoms with Crippen LogP contribution in [0.1, 0.15) is 6.92 Å². The van der Waals surface area contributed by atoms with Gasteiger partial charge in [-0.25, -0.2) is 4.99 Å². The molecule has 1 aliphatic heterocycles. The van der Waals surface area contributed by atoms with Crippen molar-refractivity contribution in [2.45, 2.75) is 17.9 Å². The average Bonchev–Trinajstić information content (AvgIpc) is 2.73. The zero-order valence-corrected chi connectivity index (χ0v) is 11.1. The third-order valence-electron chi connectivity index (χ3n) is 2.57. The fourth-order valence-corrected chi connectivity index (χ4v) is 2.52. The summed E-state index contributed by atoms with van der Waals surface area (Å²) in [6.07, 6.45) is 0. The summed E-state index contributed by atoms with van der Waals surface area (Å²) in [5, 5.41) is 0. The van der Waals surface area contributed by atoms with E-state index in [1.807, 2.05) is 7.85 Å². The summed E-state index contributed by atoms with van der Waals surface area (Å²) >= 11 is 0. The third-order valence-corrected chi connectivity index (χ3v) is 3.87. The predicted molar refractivity (Wildman–Crippen MR) is 70.6 cm³/mol. The summed E-state index contributed by atoms with van der Waals surface area (Å²) in [4.78, 5) is 4.26. The van der Waals surface area contributed by atoms with Crippen molar-refractivity contribution in [3.63, 3.8) is 0 Å². The lowest BCUT2D eigenvalue weighted by Gasteiger charge is -2.08. The van der Waals surface area contributed by atoms with Crippen LogP contribution in [0.3, 0.4) is 0 Å². The average molecular weight is 267 g/mol. The number of hydrogen-bond donors (Lipinski definition) is 0. The lowest BCUT2D eigenvalue weighted by atomic mass is 9.97. The van der Waals surface area contributed by atoms with Gasteiger partial charge < -0.3 is 4.74 Å². The van der Waals surface area contributed by atoms with Crippen LogP contribution in [-0.4, -0.2) is 41.4 Å². The molecule has 96 valence electrons. The second kappa shape index (κ2) is 5.11. The Labute approximate surface area is 107 Å². The van der Waals surface area contributed by atoms with E-state index in [4.69, 9.17) is 8.92 Å². The van der Waals surface area contributed by atoms with Crippen molar-refractivity contribution < 1.29 is 17.3 Å². The molecule has 0 aliphatic carbocycles. The minimum absolute atomic E-state index is 0.00749. The maximum absolute atomic E-state index is 11.9. The van der Waals surface area contributed by atoms with Gasteiger partial charge in [0.1, 0.15) is 20.5 Å². The van der Waals surface area contributed by atoms with Gasteiger partial charge >= 0.3 is 0 Å². The first kappa shape index (κ1) is 13.1. The highest BCUT2D eigenvalue weighted by Crippen LogP contribution is 2.13. The number of aliphatic imine (C=N–C) groups is 1. The first-order valence-electron chi connectivity index (χ1n) is 5.61. The van der Waals surface area contributed by atoms with E-state index < -0.39 is 10.1 Å². The van der Waals surface area contributed by atoms with Crippen molar-refractivity contribution in [1.82, 2.24) is 0 Å². The van der Waals surface area contributed by atoms with Crippen LogP contribution in [0.4, 0.5) is 0 Å². The molecule has 0 spiro atoms. The normalized spacial score (nSPS) is 19.4. The van der Waals surface area contributed by atoms with Gasteiger partial charge in [-0.3, -0.25) is 4.18 Å². The van der Waals surface area contributed by atoms with Crippen molar-refractivity contribution in [3.05, 3.63) is 24.3 Å². The zero-order valence-electron chi connectivity index (χ0n) is 10.3. The third kappa shape index (κ3) is 3.11. The summed E-state index contributed by atoms with van der Waals surface area (Å²) < 4.78 is 33.8. The maximum atomic E-state index is 11.9. The molecule has 0 fully saturated rings. The molecular weight excluding hydrogens is 253 g/mol. The molecule has 0 N–H and O–H groups in total. The standard InChI is InChI=1S/C11H14BNO4S/c1-8-13-10(6-16-8)7-17-18(14,15)11-4-2-9(12)3-5-11/h2-5,10H,6-7,12H2,1H3/t10-/m0/s1. The van der Waals surface area contributed by atoms with Crippen LogP contribution in [0.25, 0.3) is 0 Å². The van der Waals surface area contributed by atoms with E-state index in [1.54, 1.807) is 19.1 Å². The molecule has 5 nitrogen and oxygen atoms in total. The molecule has 2 rings (SSSR count). The Morgan fingerprint density at radius 2 is 2.11 bits per heavy atom. The molecule has 1 aliphatic rings. The second-order valence-electron chi connectivity index (χ2n) is 4.16. The number of benzene rings is 1. The Morgan fingerprint density at radius 1 is 1.44 bits per heavy atom. The largest absolute Gasteiger partial charge is 0.479 e. The highest BCUT2D eigenvalue weighted by molar-refractivity contribution is 7.86. The van der Waals surface area contributed by atoms with E-state index >= 15 is 0 Å². The summed E-state index contributed by atoms with van der Waals surface area (Å²) in [7, 11) is -1.81. The number of rotatable bonds is 4. The van der Waals surface area contributed by atoms with E-state index in [-0.39, 0.29) is 17.5 Å². The zero-order chi connectivity index (χ0) is 13.2. The molecule has 18 heavy (non-hydrogen) atoms. The summed E-state index contributed by atoms with van der Waals surface area (Å²) in [6.45, 7) is 2.11. The van der Waals surface area contributed by atoms with Gasteiger partial charge in [-0.15, -0.1) is 0 Å². The van der Waals surface area contributed by atoms with Crippen LogP contribution >= 0.6 is 0 Å². The van der Waals surface area contributed by atoms with Gasteiger partial charge in [0.05, 0.1) is 11.5 Å². The monoisotopic (exact) mass is 267 g/mol. The Morgan fingerprint density at radius 3 is 2.67 bits per heavy atom. The maximum Gasteiger partial charge on any atom is 0.297 e. The van der Waals surface area contributed by atoms with Crippen molar-refractivity contribution in [2.24, 2.45) is 4.99 Å². The molecule has 7 heteroatoms. The highest BCUT2D eigenvalue weighted by Gasteiger charge is 2.21. The summed E-state index contributed by atoms with van der Waals surface area (Å²) in [5.74, 6) is 0.566. The molecule has 1 aromatic rings. The second-order valence-corrected chi connectivity index (χ2v) is 5.78. The lowest BCUT2D eigenvalue weighted by Crippen LogP contribution is -2.19. The quantitative estimate of drug-likeness (QED) is 0.543. The van der Waals surface area contributed by atoms with E-state index in [0.717, 1.165) is 5.46 Å². The Balaban J connectivity index is 2.01. The molecular formula is C11H14BNO4S. The predicted octanol–water partition coefficient (Wildman–Crippen LogP) is -0.533. The first-order valence-corrected chi connectivity index (χ1v) is 7.01. The van der Waals surface area contributed by atoms with Crippen LogP contribution in [0.2, 0.25) is 0 Å². The lowest BCUT2D eigenvalue weighted by molar-refractivity contribution is 0.246. The molecule has 0 saturated carbocycles. The first-order chi connectivity index (χ1) is 8.47. The molecule has 1 atom stereocenters. The Hall–Kier alpha value is -1.34. The van der Waals surface area contributed by atoms with E-state index in [2.05, 4.69) is 4.99 Å². The number of ether oxygens (including phenoxy) is 1. The van der Waals surface area contributed by atoms with Crippen molar-refractivity contribution in [3.8, 4) is 0 Å². The van der Waals surface area contributed by atoms with Gasteiger partial charge in [0, 0.05) is 6.92 Å². The van der Waals surface area contributed by atoms with Crippen LogP contribution in [0.15, 0.2) is 34.2 Å². The van der Waals surface area contributed by atoms with E-state index in [1.165, 1.54) is 12.1 Å². The van der Waals surface area contributed by atoms with Gasteiger partial charge in [0.25, 0.3) is 10.1 Å². The van der Waals surface area contributed by atoms with Gasteiger partial charge in [-0.2, -0.15) is 8.42 Å². The molecule has 0 bridgehead atoms. The molecule has 0 radical (unpaired) electrons. The number of nitrogens with zero attached hydrogens (tertiary/aromatic N) is 1. The minimum Gasteiger partial charge on any atom is -0.479 e. The Kier molecular flexibility index (Phi) is 3.72. The minimum atomic E-state index is -3.71. The SMILES string of the molecule is Bc1ccc(S(=O)(=O)OC[C@@H]2COC(C)=N2)cc1. The summed E-state index contributed by atoms with van der Waals surface area (Å²) in [6, 6.07) is 6.29. The molecule has 1 heterocycles.